The molecule has 4 fully saturated rings. The van der Waals surface area contributed by atoms with E-state index in [1.807, 2.05) is 35.2 Å². The first kappa shape index (κ1) is 57.7. The fraction of sp³-hybridized carbons (Fsp3) is 0.375. The molecule has 2 saturated heterocycles. The molecule has 10 rings (SSSR count). The van der Waals surface area contributed by atoms with Gasteiger partial charge in [-0.1, -0.05) is 24.3 Å². The second-order valence-corrected chi connectivity index (χ2v) is 23.9. The molecule has 0 spiro atoms. The summed E-state index contributed by atoms with van der Waals surface area (Å²) >= 11 is 0. The number of aromatic nitrogens is 4. The number of carbonyl (C=O) groups is 1. The van der Waals surface area contributed by atoms with Crippen LogP contribution in [-0.4, -0.2) is 134 Å². The SMILES string of the molecule is CS(=O)(=O)N1CCN(c2nc(CCC=O)cn(-c3ccc(C#N)cc3)c2=O)CC1.CS(=O)(=O)N1CCN(c2nc(CCCN[C@@H]3C[C@H]3c3ccc(F)cc3)cn(-c3ccc(C#N)cc3)c2=O)CC1.N[C@@H]1C[C@H]1c1ccc(F)cc1. The van der Waals surface area contributed by atoms with Crippen molar-refractivity contribution < 1.29 is 30.4 Å². The maximum absolute atomic E-state index is 13.5. The fourth-order valence-corrected chi connectivity index (χ4v) is 11.2. The van der Waals surface area contributed by atoms with Gasteiger partial charge in [-0.15, -0.1) is 0 Å². The zero-order chi connectivity index (χ0) is 56.4. The van der Waals surface area contributed by atoms with Crippen molar-refractivity contribution in [1.29, 1.82) is 10.5 Å². The number of nitriles is 2. The van der Waals surface area contributed by atoms with Crippen LogP contribution in [0.3, 0.4) is 0 Å². The first-order valence-electron chi connectivity index (χ1n) is 25.9. The number of piperazine rings is 2. The Hall–Kier alpha value is -7.51. The van der Waals surface area contributed by atoms with E-state index >= 15 is 0 Å². The van der Waals surface area contributed by atoms with E-state index < -0.39 is 20.0 Å². The summed E-state index contributed by atoms with van der Waals surface area (Å²) in [6.45, 7) is 3.36. The maximum atomic E-state index is 13.5. The van der Waals surface area contributed by atoms with Crippen LogP contribution in [0.2, 0.25) is 0 Å². The summed E-state index contributed by atoms with van der Waals surface area (Å²) in [5.41, 5.74) is 10.9. The molecule has 0 radical (unpaired) electrons. The van der Waals surface area contributed by atoms with Crippen molar-refractivity contribution in [3.05, 3.63) is 175 Å². The fourth-order valence-electron chi connectivity index (χ4n) is 9.52. The summed E-state index contributed by atoms with van der Waals surface area (Å²) in [7, 11) is -6.58. The minimum Gasteiger partial charge on any atom is -0.349 e. The summed E-state index contributed by atoms with van der Waals surface area (Å²) in [5.74, 6) is 1.01. The van der Waals surface area contributed by atoms with Crippen molar-refractivity contribution in [3.8, 4) is 23.5 Å². The van der Waals surface area contributed by atoms with Crippen LogP contribution in [0.5, 0.6) is 0 Å². The highest BCUT2D eigenvalue weighted by Crippen LogP contribution is 2.41. The predicted molar refractivity (Wildman–Crippen MR) is 296 cm³/mol. The molecule has 2 aromatic heterocycles. The van der Waals surface area contributed by atoms with E-state index in [0.717, 1.165) is 43.4 Å². The average molecular weight is 1120 g/mol. The molecule has 4 aromatic carbocycles. The number of nitrogens with zero attached hydrogens (tertiary/aromatic N) is 10. The van der Waals surface area contributed by atoms with Gasteiger partial charge in [0.1, 0.15) is 17.9 Å². The zero-order valence-corrected chi connectivity index (χ0v) is 45.5. The van der Waals surface area contributed by atoms with E-state index in [9.17, 15) is 40.0 Å². The zero-order valence-electron chi connectivity index (χ0n) is 43.9. The molecule has 0 unspecified atom stereocenters. The molecule has 79 heavy (non-hydrogen) atoms. The Labute approximate surface area is 458 Å². The number of nitrogens with one attached hydrogen (secondary N) is 1. The van der Waals surface area contributed by atoms with Crippen molar-refractivity contribution in [2.45, 2.75) is 62.4 Å². The van der Waals surface area contributed by atoms with Gasteiger partial charge in [0.05, 0.1) is 47.2 Å². The molecular weight excluding hydrogens is 1050 g/mol. The van der Waals surface area contributed by atoms with Crippen LogP contribution in [0.1, 0.15) is 71.2 Å². The first-order chi connectivity index (χ1) is 37.8. The van der Waals surface area contributed by atoms with Crippen LogP contribution >= 0.6 is 0 Å². The summed E-state index contributed by atoms with van der Waals surface area (Å²) in [6.07, 6.45) is 10.7. The Morgan fingerprint density at radius 2 is 1.03 bits per heavy atom. The Morgan fingerprint density at radius 1 is 0.620 bits per heavy atom. The van der Waals surface area contributed by atoms with Gasteiger partial charge in [0.2, 0.25) is 20.0 Å². The largest absolute Gasteiger partial charge is 0.349 e. The standard InChI is InChI=1S/C28H31FN6O3S.C19H21N5O4S.C9H10FN/c1-39(37,38)34-15-13-33(14-16-34)27-28(36)35(24-10-4-20(18-30)5-11-24)19-23(32-27)3-2-12-31-26-17-25(26)21-6-8-22(29)9-7-21;1-29(27,28)23-10-8-22(9-11-23)18-19(26)24(14-16(21-18)3-2-12-25)17-6-4-15(13-20)5-7-17;10-7-3-1-6(2-4-7)8-5-9(8)11/h4-11,19,25-26,31H,2-3,12-17H2,1H3;4-7,12,14H,2-3,8-11H2,1H3;1-4,8-9H,5,11H2/t25-,26+;;8-,9+/m0.0/s1. The monoisotopic (exact) mass is 1120 g/mol. The number of nitrogens with two attached hydrogens (primary N) is 1. The van der Waals surface area contributed by atoms with Crippen LogP contribution < -0.4 is 32.0 Å². The molecule has 19 nitrogen and oxygen atoms in total. The number of halogens is 2. The number of aldehydes is 1. The second kappa shape index (κ2) is 25.5. The summed E-state index contributed by atoms with van der Waals surface area (Å²) < 4.78 is 78.8. The summed E-state index contributed by atoms with van der Waals surface area (Å²) in [4.78, 5) is 50.2. The summed E-state index contributed by atoms with van der Waals surface area (Å²) in [6, 6.07) is 31.5. The number of hydrogen-bond acceptors (Lipinski definition) is 15. The molecule has 0 bridgehead atoms. The van der Waals surface area contributed by atoms with E-state index in [-0.39, 0.29) is 48.1 Å². The highest BCUT2D eigenvalue weighted by molar-refractivity contribution is 7.88. The molecule has 2 aliphatic carbocycles. The first-order valence-corrected chi connectivity index (χ1v) is 29.6. The van der Waals surface area contributed by atoms with Gasteiger partial charge < -0.3 is 25.6 Å². The molecule has 414 valence electrons. The van der Waals surface area contributed by atoms with E-state index in [4.69, 9.17) is 21.2 Å². The van der Waals surface area contributed by atoms with Crippen molar-refractivity contribution >= 4 is 38.0 Å². The number of benzene rings is 4. The van der Waals surface area contributed by atoms with Crippen LogP contribution in [0.25, 0.3) is 11.4 Å². The Bertz CT molecular complexity index is 3540. The molecule has 4 atom stereocenters. The Kier molecular flexibility index (Phi) is 18.6. The third-order valence-corrected chi connectivity index (χ3v) is 16.8. The number of rotatable bonds is 16. The van der Waals surface area contributed by atoms with E-state index in [2.05, 4.69) is 16.4 Å². The van der Waals surface area contributed by atoms with Gasteiger partial charge in [0.15, 0.2) is 11.6 Å². The highest BCUT2D eigenvalue weighted by Gasteiger charge is 2.38. The van der Waals surface area contributed by atoms with Crippen molar-refractivity contribution in [2.75, 3.05) is 81.2 Å². The second-order valence-electron chi connectivity index (χ2n) is 19.9. The molecule has 6 aromatic rings. The molecular formula is C56H62F2N12O7S2. The third kappa shape index (κ3) is 15.2. The lowest BCUT2D eigenvalue weighted by molar-refractivity contribution is -0.107. The number of anilines is 2. The van der Waals surface area contributed by atoms with E-state index in [1.54, 1.807) is 70.4 Å². The average Bonchev–Trinajstić information content (AvgIpc) is 4.41. The molecule has 2 saturated carbocycles. The normalized spacial score (nSPS) is 19.2. The highest BCUT2D eigenvalue weighted by atomic mass is 32.2. The van der Waals surface area contributed by atoms with Crippen molar-refractivity contribution in [2.24, 2.45) is 5.73 Å². The number of carbonyl (C=O) groups excluding carboxylic acids is 1. The van der Waals surface area contributed by atoms with E-state index in [0.29, 0.717) is 110 Å². The van der Waals surface area contributed by atoms with Gasteiger partial charge in [-0.3, -0.25) is 18.7 Å². The van der Waals surface area contributed by atoms with Crippen LogP contribution in [0.4, 0.5) is 20.4 Å². The van der Waals surface area contributed by atoms with Crippen molar-refractivity contribution in [1.82, 2.24) is 33.0 Å². The van der Waals surface area contributed by atoms with Gasteiger partial charge in [-0.25, -0.2) is 35.6 Å². The van der Waals surface area contributed by atoms with Gasteiger partial charge >= 0.3 is 0 Å². The topological polar surface area (TPSA) is 254 Å². The molecule has 4 aliphatic rings. The minimum atomic E-state index is -3.30. The van der Waals surface area contributed by atoms with Gasteiger partial charge in [0, 0.05) is 106 Å². The van der Waals surface area contributed by atoms with Crippen LogP contribution in [-0.2, 0) is 37.7 Å². The van der Waals surface area contributed by atoms with Crippen LogP contribution in [0, 0.1) is 34.3 Å². The quantitative estimate of drug-likeness (QED) is 0.101. The lowest BCUT2D eigenvalue weighted by Crippen LogP contribution is -2.50. The summed E-state index contributed by atoms with van der Waals surface area (Å²) in [5, 5.41) is 21.7. The molecule has 2 aliphatic heterocycles. The maximum Gasteiger partial charge on any atom is 0.298 e. The molecule has 4 heterocycles. The van der Waals surface area contributed by atoms with E-state index in [1.165, 1.54) is 55.5 Å². The number of sulfonamides is 2. The number of aryl methyl sites for hydroxylation is 2. The lowest BCUT2D eigenvalue weighted by atomic mass is 10.1. The van der Waals surface area contributed by atoms with Gasteiger partial charge in [-0.2, -0.15) is 19.1 Å². The molecule has 0 amide bonds. The lowest BCUT2D eigenvalue weighted by Gasteiger charge is -2.33. The smallest absolute Gasteiger partial charge is 0.298 e. The predicted octanol–water partition coefficient (Wildman–Crippen LogP) is 4.36. The van der Waals surface area contributed by atoms with Gasteiger partial charge in [0.25, 0.3) is 11.1 Å². The number of hydrogen-bond donors (Lipinski definition) is 2. The minimum absolute atomic E-state index is 0.178. The molecule has 3 N–H and O–H groups in total. The Morgan fingerprint density at radius 3 is 1.41 bits per heavy atom. The van der Waals surface area contributed by atoms with Crippen LogP contribution in [0.15, 0.2) is 119 Å². The third-order valence-electron chi connectivity index (χ3n) is 14.2. The van der Waals surface area contributed by atoms with Crippen molar-refractivity contribution in [3.63, 3.8) is 0 Å². The Balaban J connectivity index is 0.000000179. The molecule has 23 heteroatoms. The van der Waals surface area contributed by atoms with Gasteiger partial charge in [-0.05, 0) is 123 Å².